The molecule has 0 unspecified atom stereocenters. The fraction of sp³-hybridized carbons (Fsp3) is 0.538. The largest absolute Gasteiger partial charge is 0.312 e. The zero-order valence-corrected chi connectivity index (χ0v) is 10.7. The number of hydrogen-bond donors (Lipinski definition) is 0. The Morgan fingerprint density at radius 1 is 1.35 bits per heavy atom. The van der Waals surface area contributed by atoms with Crippen molar-refractivity contribution in [3.63, 3.8) is 0 Å². The van der Waals surface area contributed by atoms with E-state index in [1.54, 1.807) is 0 Å². The second-order valence-electron chi connectivity index (χ2n) is 4.82. The lowest BCUT2D eigenvalue weighted by atomic mass is 10.3. The van der Waals surface area contributed by atoms with Gasteiger partial charge in [-0.25, -0.2) is 9.97 Å². The Morgan fingerprint density at radius 2 is 2.18 bits per heavy atom. The number of fused-ring (bicyclic) bond motifs is 1. The highest BCUT2D eigenvalue weighted by molar-refractivity contribution is 6.17. The van der Waals surface area contributed by atoms with E-state index in [-0.39, 0.29) is 0 Å². The standard InChI is InChI=1S/C13H16ClN3/c1-9-2-5-11-13(15-9)17(8-10-3-4-10)12(16-11)6-7-14/h2,5,10H,3-4,6-8H2,1H3. The van der Waals surface area contributed by atoms with Gasteiger partial charge in [-0.15, -0.1) is 11.6 Å². The minimum absolute atomic E-state index is 0.618. The summed E-state index contributed by atoms with van der Waals surface area (Å²) in [7, 11) is 0. The Balaban J connectivity index is 2.09. The lowest BCUT2D eigenvalue weighted by Gasteiger charge is -2.06. The van der Waals surface area contributed by atoms with Crippen molar-refractivity contribution in [2.24, 2.45) is 5.92 Å². The third-order valence-corrected chi connectivity index (χ3v) is 3.46. The molecule has 4 heteroatoms. The Bertz CT molecular complexity index is 543. The van der Waals surface area contributed by atoms with Crippen LogP contribution < -0.4 is 0 Å². The zero-order valence-electron chi connectivity index (χ0n) is 9.99. The maximum Gasteiger partial charge on any atom is 0.160 e. The van der Waals surface area contributed by atoms with Crippen molar-refractivity contribution < 1.29 is 0 Å². The second-order valence-corrected chi connectivity index (χ2v) is 5.19. The first-order valence-electron chi connectivity index (χ1n) is 6.16. The number of nitrogens with zero attached hydrogens (tertiary/aromatic N) is 3. The van der Waals surface area contributed by atoms with Gasteiger partial charge in [0.15, 0.2) is 5.65 Å². The number of aryl methyl sites for hydroxylation is 2. The van der Waals surface area contributed by atoms with Gasteiger partial charge < -0.3 is 4.57 Å². The van der Waals surface area contributed by atoms with Gasteiger partial charge in [-0.05, 0) is 37.8 Å². The lowest BCUT2D eigenvalue weighted by Crippen LogP contribution is -2.07. The number of halogens is 1. The highest BCUT2D eigenvalue weighted by atomic mass is 35.5. The van der Waals surface area contributed by atoms with Gasteiger partial charge in [0, 0.05) is 24.5 Å². The maximum atomic E-state index is 5.85. The molecule has 0 aromatic carbocycles. The summed E-state index contributed by atoms with van der Waals surface area (Å²) in [5.74, 6) is 2.52. The van der Waals surface area contributed by atoms with E-state index in [1.807, 2.05) is 13.0 Å². The summed E-state index contributed by atoms with van der Waals surface area (Å²) in [4.78, 5) is 9.26. The van der Waals surface area contributed by atoms with Crippen LogP contribution in [0.4, 0.5) is 0 Å². The maximum absolute atomic E-state index is 5.85. The minimum Gasteiger partial charge on any atom is -0.312 e. The zero-order chi connectivity index (χ0) is 11.8. The van der Waals surface area contributed by atoms with Crippen LogP contribution >= 0.6 is 11.6 Å². The van der Waals surface area contributed by atoms with Gasteiger partial charge in [0.25, 0.3) is 0 Å². The molecule has 17 heavy (non-hydrogen) atoms. The number of alkyl halides is 1. The molecule has 0 spiro atoms. The molecule has 3 rings (SSSR count). The molecule has 2 aromatic heterocycles. The predicted octanol–water partition coefficient (Wildman–Crippen LogP) is 2.93. The third-order valence-electron chi connectivity index (χ3n) is 3.27. The van der Waals surface area contributed by atoms with Gasteiger partial charge in [0.05, 0.1) is 0 Å². The molecule has 2 heterocycles. The van der Waals surface area contributed by atoms with E-state index in [9.17, 15) is 0 Å². The SMILES string of the molecule is Cc1ccc2nc(CCCl)n(CC3CC3)c2n1. The summed E-state index contributed by atoms with van der Waals surface area (Å²) < 4.78 is 2.27. The molecule has 0 N–H and O–H groups in total. The first-order valence-corrected chi connectivity index (χ1v) is 6.70. The van der Waals surface area contributed by atoms with Crippen LogP contribution in [0.15, 0.2) is 12.1 Å². The van der Waals surface area contributed by atoms with E-state index in [4.69, 9.17) is 11.6 Å². The van der Waals surface area contributed by atoms with Crippen LogP contribution in [0.2, 0.25) is 0 Å². The molecular formula is C13H16ClN3. The molecule has 1 aliphatic rings. The number of hydrogen-bond acceptors (Lipinski definition) is 2. The van der Waals surface area contributed by atoms with E-state index in [0.717, 1.165) is 41.6 Å². The minimum atomic E-state index is 0.618. The van der Waals surface area contributed by atoms with Crippen molar-refractivity contribution in [1.82, 2.24) is 14.5 Å². The van der Waals surface area contributed by atoms with Crippen LogP contribution in [0, 0.1) is 12.8 Å². The van der Waals surface area contributed by atoms with Crippen molar-refractivity contribution in [3.8, 4) is 0 Å². The summed E-state index contributed by atoms with van der Waals surface area (Å²) >= 11 is 5.85. The van der Waals surface area contributed by atoms with E-state index < -0.39 is 0 Å². The Kier molecular flexibility index (Phi) is 2.79. The molecule has 0 aliphatic heterocycles. The molecule has 3 nitrogen and oxygen atoms in total. The number of rotatable bonds is 4. The topological polar surface area (TPSA) is 30.7 Å². The average molecular weight is 250 g/mol. The average Bonchev–Trinajstić information content (AvgIpc) is 3.06. The normalized spacial score (nSPS) is 15.6. The summed E-state index contributed by atoms with van der Waals surface area (Å²) in [6.45, 7) is 3.08. The Labute approximate surface area is 106 Å². The van der Waals surface area contributed by atoms with Crippen LogP contribution in [0.5, 0.6) is 0 Å². The quantitative estimate of drug-likeness (QED) is 0.780. The first kappa shape index (κ1) is 11.0. The molecule has 1 saturated carbocycles. The van der Waals surface area contributed by atoms with Crippen molar-refractivity contribution >= 4 is 22.8 Å². The van der Waals surface area contributed by atoms with Crippen LogP contribution in [-0.4, -0.2) is 20.4 Å². The molecule has 0 amide bonds. The van der Waals surface area contributed by atoms with Crippen LogP contribution in [-0.2, 0) is 13.0 Å². The Morgan fingerprint density at radius 3 is 2.88 bits per heavy atom. The molecule has 0 bridgehead atoms. The van der Waals surface area contributed by atoms with Gasteiger partial charge in [-0.3, -0.25) is 0 Å². The van der Waals surface area contributed by atoms with E-state index in [2.05, 4.69) is 20.6 Å². The molecular weight excluding hydrogens is 234 g/mol. The monoisotopic (exact) mass is 249 g/mol. The van der Waals surface area contributed by atoms with Gasteiger partial charge in [-0.1, -0.05) is 0 Å². The number of aromatic nitrogens is 3. The van der Waals surface area contributed by atoms with Crippen molar-refractivity contribution in [1.29, 1.82) is 0 Å². The molecule has 0 radical (unpaired) electrons. The van der Waals surface area contributed by atoms with Gasteiger partial charge in [0.1, 0.15) is 11.3 Å². The van der Waals surface area contributed by atoms with Gasteiger partial charge in [0.2, 0.25) is 0 Å². The molecule has 1 aliphatic carbocycles. The van der Waals surface area contributed by atoms with Crippen molar-refractivity contribution in [2.75, 3.05) is 5.88 Å². The summed E-state index contributed by atoms with van der Waals surface area (Å²) in [5, 5.41) is 0. The number of pyridine rings is 1. The van der Waals surface area contributed by atoms with E-state index in [0.29, 0.717) is 5.88 Å². The fourth-order valence-electron chi connectivity index (χ4n) is 2.17. The van der Waals surface area contributed by atoms with Crippen LogP contribution in [0.3, 0.4) is 0 Å². The third kappa shape index (κ3) is 2.16. The summed E-state index contributed by atoms with van der Waals surface area (Å²) in [5.41, 5.74) is 3.07. The van der Waals surface area contributed by atoms with Crippen molar-refractivity contribution in [3.05, 3.63) is 23.7 Å². The first-order chi connectivity index (χ1) is 8.28. The van der Waals surface area contributed by atoms with Crippen LogP contribution in [0.1, 0.15) is 24.4 Å². The second kappa shape index (κ2) is 4.30. The summed E-state index contributed by atoms with van der Waals surface area (Å²) in [6.07, 6.45) is 3.50. The summed E-state index contributed by atoms with van der Waals surface area (Å²) in [6, 6.07) is 4.07. The predicted molar refractivity (Wildman–Crippen MR) is 69.4 cm³/mol. The molecule has 1 fully saturated rings. The Hall–Kier alpha value is -1.09. The molecule has 0 atom stereocenters. The van der Waals surface area contributed by atoms with E-state index >= 15 is 0 Å². The van der Waals surface area contributed by atoms with Gasteiger partial charge in [-0.2, -0.15) is 0 Å². The molecule has 90 valence electrons. The van der Waals surface area contributed by atoms with Crippen LogP contribution in [0.25, 0.3) is 11.2 Å². The smallest absolute Gasteiger partial charge is 0.160 e. The highest BCUT2D eigenvalue weighted by Crippen LogP contribution is 2.32. The highest BCUT2D eigenvalue weighted by Gasteiger charge is 2.24. The molecule has 2 aromatic rings. The van der Waals surface area contributed by atoms with Gasteiger partial charge >= 0.3 is 0 Å². The van der Waals surface area contributed by atoms with Crippen molar-refractivity contribution in [2.45, 2.75) is 32.7 Å². The van der Waals surface area contributed by atoms with E-state index in [1.165, 1.54) is 12.8 Å². The lowest BCUT2D eigenvalue weighted by molar-refractivity contribution is 0.610. The number of imidazole rings is 1. The fourth-order valence-corrected chi connectivity index (χ4v) is 2.34. The molecule has 0 saturated heterocycles.